The lowest BCUT2D eigenvalue weighted by Crippen LogP contribution is -2.29. The normalized spacial score (nSPS) is 13.0. The van der Waals surface area contributed by atoms with Gasteiger partial charge in [-0.3, -0.25) is 14.4 Å². The van der Waals surface area contributed by atoms with Gasteiger partial charge in [0.25, 0.3) is 17.7 Å². The number of nitrogens with one attached hydrogen (secondary N) is 1. The third-order valence-electron chi connectivity index (χ3n) is 4.20. The molecule has 0 atom stereocenters. The average Bonchev–Trinajstić information content (AvgIpc) is 3.18. The summed E-state index contributed by atoms with van der Waals surface area (Å²) in [6, 6.07) is 11.2. The van der Waals surface area contributed by atoms with Crippen LogP contribution in [0.3, 0.4) is 0 Å². The Morgan fingerprint density at radius 1 is 1.11 bits per heavy atom. The van der Waals surface area contributed by atoms with E-state index < -0.39 is 11.8 Å². The topological polar surface area (TPSA) is 79.4 Å². The van der Waals surface area contributed by atoms with E-state index in [1.807, 2.05) is 6.92 Å². The largest absolute Gasteiger partial charge is 0.321 e. The Hall–Kier alpha value is -3.03. The monoisotopic (exact) mass is 397 g/mol. The number of nitrogens with zero attached hydrogens (tertiary/aromatic N) is 2. The van der Waals surface area contributed by atoms with Crippen molar-refractivity contribution in [3.05, 3.63) is 74.7 Å². The molecule has 0 saturated carbocycles. The molecule has 8 heteroatoms. The van der Waals surface area contributed by atoms with Crippen molar-refractivity contribution in [3.63, 3.8) is 0 Å². The molecular formula is C19H12ClN3O3S. The fourth-order valence-corrected chi connectivity index (χ4v) is 3.73. The number of anilines is 2. The quantitative estimate of drug-likeness (QED) is 0.673. The average molecular weight is 398 g/mol. The predicted octanol–water partition coefficient (Wildman–Crippen LogP) is 4.16. The molecule has 0 radical (unpaired) electrons. The van der Waals surface area contributed by atoms with Crippen LogP contribution in [0.2, 0.25) is 5.02 Å². The number of aryl methyl sites for hydroxylation is 1. The van der Waals surface area contributed by atoms with Crippen LogP contribution in [-0.4, -0.2) is 22.7 Å². The van der Waals surface area contributed by atoms with Crippen molar-refractivity contribution in [3.8, 4) is 0 Å². The lowest BCUT2D eigenvalue weighted by atomic mass is 10.1. The van der Waals surface area contributed by atoms with E-state index >= 15 is 0 Å². The zero-order valence-electron chi connectivity index (χ0n) is 14.0. The zero-order chi connectivity index (χ0) is 19.1. The summed E-state index contributed by atoms with van der Waals surface area (Å²) in [6.45, 7) is 1.81. The SMILES string of the molecule is Cc1scnc1C(=O)Nc1ccc(N2C(=O)c3ccccc3C2=O)c(Cl)c1. The summed E-state index contributed by atoms with van der Waals surface area (Å²) in [5, 5.41) is 2.89. The van der Waals surface area contributed by atoms with E-state index in [0.29, 0.717) is 22.5 Å². The van der Waals surface area contributed by atoms with Crippen molar-refractivity contribution in [2.45, 2.75) is 6.92 Å². The van der Waals surface area contributed by atoms with E-state index in [4.69, 9.17) is 11.6 Å². The van der Waals surface area contributed by atoms with Crippen molar-refractivity contribution in [1.29, 1.82) is 0 Å². The Morgan fingerprint density at radius 2 is 1.78 bits per heavy atom. The second-order valence-electron chi connectivity index (χ2n) is 5.87. The van der Waals surface area contributed by atoms with Crippen molar-refractivity contribution in [2.75, 3.05) is 10.2 Å². The summed E-state index contributed by atoms with van der Waals surface area (Å²) in [6.07, 6.45) is 0. The second-order valence-corrected chi connectivity index (χ2v) is 7.33. The van der Waals surface area contributed by atoms with E-state index in [-0.39, 0.29) is 16.6 Å². The third kappa shape index (κ3) is 2.90. The number of hydrogen-bond donors (Lipinski definition) is 1. The second kappa shape index (κ2) is 6.61. The number of amides is 3. The molecule has 1 aromatic heterocycles. The highest BCUT2D eigenvalue weighted by molar-refractivity contribution is 7.09. The van der Waals surface area contributed by atoms with E-state index in [0.717, 1.165) is 9.78 Å². The van der Waals surface area contributed by atoms with Crippen LogP contribution in [0.5, 0.6) is 0 Å². The number of rotatable bonds is 3. The Labute approximate surface area is 163 Å². The van der Waals surface area contributed by atoms with Gasteiger partial charge < -0.3 is 5.32 Å². The molecule has 3 aromatic rings. The van der Waals surface area contributed by atoms with Gasteiger partial charge in [-0.15, -0.1) is 11.3 Å². The van der Waals surface area contributed by atoms with Gasteiger partial charge in [0, 0.05) is 10.6 Å². The highest BCUT2D eigenvalue weighted by Gasteiger charge is 2.37. The fraction of sp³-hybridized carbons (Fsp3) is 0.0526. The first-order valence-electron chi connectivity index (χ1n) is 7.96. The van der Waals surface area contributed by atoms with Gasteiger partial charge in [0.05, 0.1) is 27.3 Å². The van der Waals surface area contributed by atoms with Crippen LogP contribution in [0, 0.1) is 6.92 Å². The third-order valence-corrected chi connectivity index (χ3v) is 5.26. The molecule has 1 aliphatic heterocycles. The van der Waals surface area contributed by atoms with E-state index in [9.17, 15) is 14.4 Å². The number of hydrogen-bond acceptors (Lipinski definition) is 5. The molecule has 0 unspecified atom stereocenters. The number of fused-ring (bicyclic) bond motifs is 1. The van der Waals surface area contributed by atoms with Gasteiger partial charge in [0.15, 0.2) is 0 Å². The maximum Gasteiger partial charge on any atom is 0.275 e. The summed E-state index contributed by atoms with van der Waals surface area (Å²) >= 11 is 7.69. The Kier molecular flexibility index (Phi) is 4.25. The number of aromatic nitrogens is 1. The number of carbonyl (C=O) groups excluding carboxylic acids is 3. The van der Waals surface area contributed by atoms with Crippen molar-refractivity contribution in [2.24, 2.45) is 0 Å². The molecule has 0 bridgehead atoms. The number of benzene rings is 2. The number of imide groups is 1. The molecule has 6 nitrogen and oxygen atoms in total. The van der Waals surface area contributed by atoms with E-state index in [1.165, 1.54) is 23.5 Å². The molecule has 3 amide bonds. The van der Waals surface area contributed by atoms with E-state index in [2.05, 4.69) is 10.3 Å². The number of carbonyl (C=O) groups is 3. The minimum Gasteiger partial charge on any atom is -0.321 e. The van der Waals surface area contributed by atoms with Crippen LogP contribution in [0.4, 0.5) is 11.4 Å². The first-order valence-corrected chi connectivity index (χ1v) is 9.22. The van der Waals surface area contributed by atoms with Crippen molar-refractivity contribution >= 4 is 52.0 Å². The van der Waals surface area contributed by atoms with Crippen LogP contribution < -0.4 is 10.2 Å². The predicted molar refractivity (Wildman–Crippen MR) is 104 cm³/mol. The van der Waals surface area contributed by atoms with Crippen LogP contribution in [-0.2, 0) is 0 Å². The van der Waals surface area contributed by atoms with Gasteiger partial charge in [-0.25, -0.2) is 9.88 Å². The summed E-state index contributed by atoms with van der Waals surface area (Å²) in [5.41, 5.74) is 3.34. The molecule has 0 saturated heterocycles. The molecule has 0 aliphatic carbocycles. The van der Waals surface area contributed by atoms with Crippen molar-refractivity contribution < 1.29 is 14.4 Å². The first-order chi connectivity index (χ1) is 13.0. The molecule has 1 N–H and O–H groups in total. The molecule has 134 valence electrons. The van der Waals surface area contributed by atoms with E-state index in [1.54, 1.807) is 35.8 Å². The standard InChI is InChI=1S/C19H12ClN3O3S/c1-10-16(21-9-27-10)17(24)22-11-6-7-15(14(20)8-11)23-18(25)12-4-2-3-5-13(12)19(23)26/h2-9H,1H3,(H,22,24). The van der Waals surface area contributed by atoms with Gasteiger partial charge in [-0.1, -0.05) is 23.7 Å². The minimum atomic E-state index is -0.424. The zero-order valence-corrected chi connectivity index (χ0v) is 15.6. The maximum atomic E-state index is 12.6. The van der Waals surface area contributed by atoms with Gasteiger partial charge in [0.2, 0.25) is 0 Å². The van der Waals surface area contributed by atoms with Gasteiger partial charge in [0.1, 0.15) is 5.69 Å². The maximum absolute atomic E-state index is 12.6. The number of halogens is 1. The molecule has 2 heterocycles. The summed E-state index contributed by atoms with van der Waals surface area (Å²) in [4.78, 5) is 43.3. The highest BCUT2D eigenvalue weighted by Crippen LogP contribution is 2.34. The molecule has 1 aliphatic rings. The van der Waals surface area contributed by atoms with Crippen LogP contribution in [0.1, 0.15) is 36.1 Å². The molecule has 4 rings (SSSR count). The lowest BCUT2D eigenvalue weighted by molar-refractivity contribution is 0.0924. The summed E-state index contributed by atoms with van der Waals surface area (Å²) in [5.74, 6) is -1.20. The molecule has 0 fully saturated rings. The smallest absolute Gasteiger partial charge is 0.275 e. The first kappa shape index (κ1) is 17.4. The number of thiazole rings is 1. The highest BCUT2D eigenvalue weighted by atomic mass is 35.5. The summed E-state index contributed by atoms with van der Waals surface area (Å²) < 4.78 is 0. The van der Waals surface area contributed by atoms with Gasteiger partial charge >= 0.3 is 0 Å². The van der Waals surface area contributed by atoms with Crippen LogP contribution in [0.15, 0.2) is 48.0 Å². The molecular weight excluding hydrogens is 386 g/mol. The van der Waals surface area contributed by atoms with Crippen LogP contribution >= 0.6 is 22.9 Å². The Bertz CT molecular complexity index is 1070. The molecule has 0 spiro atoms. The van der Waals surface area contributed by atoms with Crippen molar-refractivity contribution in [1.82, 2.24) is 4.98 Å². The Morgan fingerprint density at radius 3 is 2.33 bits per heavy atom. The summed E-state index contributed by atoms with van der Waals surface area (Å²) in [7, 11) is 0. The van der Waals surface area contributed by atoms with Gasteiger partial charge in [-0.2, -0.15) is 0 Å². The van der Waals surface area contributed by atoms with Crippen LogP contribution in [0.25, 0.3) is 0 Å². The molecule has 2 aromatic carbocycles. The lowest BCUT2D eigenvalue weighted by Gasteiger charge is -2.16. The van der Waals surface area contributed by atoms with Gasteiger partial charge in [-0.05, 0) is 37.3 Å². The minimum absolute atomic E-state index is 0.178. The molecule has 27 heavy (non-hydrogen) atoms. The Balaban J connectivity index is 1.62. The fourth-order valence-electron chi connectivity index (χ4n) is 2.89.